The van der Waals surface area contributed by atoms with Crippen LogP contribution in [-0.4, -0.2) is 52.0 Å². The Kier molecular flexibility index (Phi) is 5.92. The Labute approximate surface area is 169 Å². The summed E-state index contributed by atoms with van der Waals surface area (Å²) in [6, 6.07) is 0.565. The van der Waals surface area contributed by atoms with Gasteiger partial charge in [0.15, 0.2) is 5.65 Å². The fourth-order valence-electron chi connectivity index (χ4n) is 3.32. The Morgan fingerprint density at radius 3 is 2.59 bits per heavy atom. The number of hydrogen-bond donors (Lipinski definition) is 1. The van der Waals surface area contributed by atoms with E-state index < -0.39 is 23.7 Å². The number of fused-ring (bicyclic) bond motifs is 1. The average Bonchev–Trinajstić information content (AvgIpc) is 2.98. The van der Waals surface area contributed by atoms with Crippen LogP contribution in [0, 0.1) is 6.92 Å². The molecular weight excluding hydrogens is 413 g/mol. The van der Waals surface area contributed by atoms with Gasteiger partial charge < -0.3 is 15.0 Å². The van der Waals surface area contributed by atoms with Crippen LogP contribution in [0.4, 0.5) is 18.0 Å². The third-order valence-corrected chi connectivity index (χ3v) is 5.03. The maximum Gasteiger partial charge on any atom is 0.417 e. The van der Waals surface area contributed by atoms with Gasteiger partial charge in [-0.2, -0.15) is 13.2 Å². The molecule has 1 fully saturated rings. The van der Waals surface area contributed by atoms with Gasteiger partial charge in [-0.25, -0.2) is 9.78 Å². The summed E-state index contributed by atoms with van der Waals surface area (Å²) >= 11 is 5.96. The lowest BCUT2D eigenvalue weighted by molar-refractivity contribution is -0.137. The highest BCUT2D eigenvalue weighted by atomic mass is 35.5. The first-order valence-corrected chi connectivity index (χ1v) is 9.47. The number of likely N-dealkylation sites (tertiary alicyclic amines) is 1. The van der Waals surface area contributed by atoms with Crippen LogP contribution in [0.15, 0.2) is 12.3 Å². The van der Waals surface area contributed by atoms with E-state index in [9.17, 15) is 22.8 Å². The lowest BCUT2D eigenvalue weighted by atomic mass is 10.1. The number of carbonyl (C=O) groups excluding carboxylic acids is 2. The van der Waals surface area contributed by atoms with Gasteiger partial charge in [-0.15, -0.1) is 0 Å². The molecular formula is C18H20ClF3N4O3. The molecule has 1 N–H and O–H groups in total. The van der Waals surface area contributed by atoms with Gasteiger partial charge in [-0.05, 0) is 32.8 Å². The number of imidazole rings is 1. The maximum atomic E-state index is 13.1. The van der Waals surface area contributed by atoms with Gasteiger partial charge in [0.1, 0.15) is 5.69 Å². The van der Waals surface area contributed by atoms with Crippen LogP contribution in [0.2, 0.25) is 5.02 Å². The minimum Gasteiger partial charge on any atom is -0.450 e. The zero-order valence-corrected chi connectivity index (χ0v) is 16.6. The number of ether oxygens (including phenoxy) is 1. The normalized spacial score (nSPS) is 15.6. The number of carbonyl (C=O) groups is 2. The largest absolute Gasteiger partial charge is 0.450 e. The van der Waals surface area contributed by atoms with E-state index in [1.165, 1.54) is 6.92 Å². The Morgan fingerprint density at radius 1 is 1.34 bits per heavy atom. The van der Waals surface area contributed by atoms with E-state index in [2.05, 4.69) is 10.3 Å². The number of piperidine rings is 1. The van der Waals surface area contributed by atoms with Gasteiger partial charge >= 0.3 is 12.3 Å². The van der Waals surface area contributed by atoms with Gasteiger partial charge in [0.2, 0.25) is 0 Å². The molecule has 2 amide bonds. The van der Waals surface area contributed by atoms with Crippen LogP contribution >= 0.6 is 11.6 Å². The number of halogens is 4. The lowest BCUT2D eigenvalue weighted by Crippen LogP contribution is -2.47. The van der Waals surface area contributed by atoms with Gasteiger partial charge in [-0.3, -0.25) is 9.20 Å². The fraction of sp³-hybridized carbons (Fsp3) is 0.500. The molecule has 0 unspecified atom stereocenters. The molecule has 0 radical (unpaired) electrons. The first-order chi connectivity index (χ1) is 13.6. The predicted octanol–water partition coefficient (Wildman–Crippen LogP) is 3.67. The van der Waals surface area contributed by atoms with Gasteiger partial charge in [-0.1, -0.05) is 11.6 Å². The molecule has 0 spiro atoms. The molecule has 29 heavy (non-hydrogen) atoms. The summed E-state index contributed by atoms with van der Waals surface area (Å²) in [6.07, 6.45) is -3.17. The van der Waals surface area contributed by atoms with Crippen molar-refractivity contribution in [1.82, 2.24) is 19.6 Å². The number of amides is 2. The second kappa shape index (κ2) is 8.10. The number of aryl methyl sites for hydroxylation is 1. The standard InChI is InChI=1S/C18H20ClF3N4O3/c1-3-29-17(28)25-6-4-12(5-7-25)24-16(27)14-10(2)23-15-13(19)8-11(9-26(14)15)18(20,21)22/h8-9,12H,3-7H2,1-2H3,(H,24,27). The van der Waals surface area contributed by atoms with E-state index in [1.807, 2.05) is 0 Å². The van der Waals surface area contributed by atoms with Crippen molar-refractivity contribution in [3.05, 3.63) is 34.2 Å². The number of rotatable bonds is 3. The summed E-state index contributed by atoms with van der Waals surface area (Å²) < 4.78 is 45.4. The second-order valence-electron chi connectivity index (χ2n) is 6.75. The molecule has 0 aromatic carbocycles. The van der Waals surface area contributed by atoms with Crippen molar-refractivity contribution in [3.8, 4) is 0 Å². The summed E-state index contributed by atoms with van der Waals surface area (Å²) in [5, 5.41) is 2.63. The third kappa shape index (κ3) is 4.42. The highest BCUT2D eigenvalue weighted by molar-refractivity contribution is 6.33. The molecule has 3 heterocycles. The molecule has 2 aromatic rings. The molecule has 0 atom stereocenters. The Morgan fingerprint density at radius 2 is 2.00 bits per heavy atom. The molecule has 0 bridgehead atoms. The quantitative estimate of drug-likeness (QED) is 0.803. The smallest absolute Gasteiger partial charge is 0.417 e. The summed E-state index contributed by atoms with van der Waals surface area (Å²) in [7, 11) is 0. The summed E-state index contributed by atoms with van der Waals surface area (Å²) in [5.41, 5.74) is -0.614. The van der Waals surface area contributed by atoms with Crippen LogP contribution in [0.25, 0.3) is 5.65 Å². The number of aromatic nitrogens is 2. The summed E-state index contributed by atoms with van der Waals surface area (Å²) in [6.45, 7) is 4.37. The van der Waals surface area contributed by atoms with Crippen molar-refractivity contribution in [2.45, 2.75) is 38.9 Å². The SMILES string of the molecule is CCOC(=O)N1CCC(NC(=O)c2c(C)nc3c(Cl)cc(C(F)(F)F)cn23)CC1. The van der Waals surface area contributed by atoms with Crippen molar-refractivity contribution in [2.75, 3.05) is 19.7 Å². The summed E-state index contributed by atoms with van der Waals surface area (Å²) in [5.74, 6) is -0.542. The first kappa shape index (κ1) is 21.2. The maximum absolute atomic E-state index is 13.1. The van der Waals surface area contributed by atoms with Crippen LogP contribution in [0.5, 0.6) is 0 Å². The van der Waals surface area contributed by atoms with Crippen LogP contribution in [0.3, 0.4) is 0 Å². The number of nitrogens with zero attached hydrogens (tertiary/aromatic N) is 3. The number of hydrogen-bond acceptors (Lipinski definition) is 4. The van der Waals surface area contributed by atoms with Crippen LogP contribution in [0.1, 0.15) is 41.5 Å². The van der Waals surface area contributed by atoms with E-state index in [4.69, 9.17) is 16.3 Å². The topological polar surface area (TPSA) is 75.9 Å². The molecule has 3 rings (SSSR count). The molecule has 0 saturated carbocycles. The third-order valence-electron chi connectivity index (χ3n) is 4.75. The minimum absolute atomic E-state index is 0.000761. The van der Waals surface area contributed by atoms with Crippen molar-refractivity contribution in [1.29, 1.82) is 0 Å². The molecule has 7 nitrogen and oxygen atoms in total. The number of pyridine rings is 1. The summed E-state index contributed by atoms with van der Waals surface area (Å²) in [4.78, 5) is 30.2. The van der Waals surface area contributed by atoms with Crippen molar-refractivity contribution < 1.29 is 27.5 Å². The predicted molar refractivity (Wildman–Crippen MR) is 99.0 cm³/mol. The molecule has 2 aromatic heterocycles. The van der Waals surface area contributed by atoms with Crippen molar-refractivity contribution >= 4 is 29.2 Å². The second-order valence-corrected chi connectivity index (χ2v) is 7.15. The zero-order chi connectivity index (χ0) is 21.3. The van der Waals surface area contributed by atoms with Crippen molar-refractivity contribution in [3.63, 3.8) is 0 Å². The van der Waals surface area contributed by atoms with Crippen LogP contribution in [-0.2, 0) is 10.9 Å². The van der Waals surface area contributed by atoms with Gasteiger partial charge in [0.25, 0.3) is 5.91 Å². The van der Waals surface area contributed by atoms with E-state index in [0.29, 0.717) is 25.9 Å². The molecule has 1 saturated heterocycles. The van der Waals surface area contributed by atoms with Gasteiger partial charge in [0, 0.05) is 25.3 Å². The Hall–Kier alpha value is -2.49. The monoisotopic (exact) mass is 432 g/mol. The van der Waals surface area contributed by atoms with Crippen LogP contribution < -0.4 is 5.32 Å². The minimum atomic E-state index is -4.61. The lowest BCUT2D eigenvalue weighted by Gasteiger charge is -2.31. The zero-order valence-electron chi connectivity index (χ0n) is 15.8. The van der Waals surface area contributed by atoms with E-state index >= 15 is 0 Å². The molecule has 1 aliphatic heterocycles. The van der Waals surface area contributed by atoms with E-state index in [1.54, 1.807) is 11.8 Å². The fourth-order valence-corrected chi connectivity index (χ4v) is 3.57. The average molecular weight is 433 g/mol. The Balaban J connectivity index is 1.79. The first-order valence-electron chi connectivity index (χ1n) is 9.09. The highest BCUT2D eigenvalue weighted by Gasteiger charge is 2.33. The molecule has 0 aliphatic carbocycles. The molecule has 158 valence electrons. The van der Waals surface area contributed by atoms with E-state index in [-0.39, 0.29) is 34.7 Å². The number of nitrogens with one attached hydrogen (secondary N) is 1. The Bertz CT molecular complexity index is 937. The highest BCUT2D eigenvalue weighted by Crippen LogP contribution is 2.33. The van der Waals surface area contributed by atoms with Gasteiger partial charge in [0.05, 0.1) is 22.9 Å². The molecule has 11 heteroatoms. The van der Waals surface area contributed by atoms with E-state index in [0.717, 1.165) is 16.7 Å². The van der Waals surface area contributed by atoms with Crippen molar-refractivity contribution in [2.24, 2.45) is 0 Å². The molecule has 1 aliphatic rings. The number of alkyl halides is 3.